The predicted molar refractivity (Wildman–Crippen MR) is 69.0 cm³/mol. The minimum atomic E-state index is -0.390. The number of aryl methyl sites for hydroxylation is 2. The third-order valence-electron chi connectivity index (χ3n) is 2.44. The van der Waals surface area contributed by atoms with Crippen LogP contribution in [-0.2, 0) is 7.05 Å². The summed E-state index contributed by atoms with van der Waals surface area (Å²) in [6, 6.07) is 5.96. The monoisotopic (exact) mass is 265 g/mol. The number of halogens is 1. The maximum atomic E-state index is 12.0. The summed E-state index contributed by atoms with van der Waals surface area (Å²) in [5.74, 6) is 0.168. The molecule has 1 aromatic heterocycles. The molecular weight excluding hydrogens is 254 g/mol. The largest absolute Gasteiger partial charge is 0.508 e. The number of phenols is 1. The van der Waals surface area contributed by atoms with Crippen LogP contribution in [0.15, 0.2) is 24.3 Å². The van der Waals surface area contributed by atoms with E-state index in [9.17, 15) is 9.90 Å². The summed E-state index contributed by atoms with van der Waals surface area (Å²) in [6.45, 7) is 1.83. The van der Waals surface area contributed by atoms with Crippen molar-refractivity contribution in [1.82, 2.24) is 9.78 Å². The molecule has 0 aliphatic carbocycles. The lowest BCUT2D eigenvalue weighted by atomic mass is 10.2. The summed E-state index contributed by atoms with van der Waals surface area (Å²) in [5, 5.41) is 16.4. The van der Waals surface area contributed by atoms with E-state index in [0.717, 1.165) is 5.69 Å². The summed E-state index contributed by atoms with van der Waals surface area (Å²) >= 11 is 5.91. The van der Waals surface area contributed by atoms with Crippen molar-refractivity contribution in [1.29, 1.82) is 0 Å². The van der Waals surface area contributed by atoms with Gasteiger partial charge in [0.05, 0.1) is 16.3 Å². The van der Waals surface area contributed by atoms with Crippen LogP contribution >= 0.6 is 11.6 Å². The highest BCUT2D eigenvalue weighted by Gasteiger charge is 2.13. The summed E-state index contributed by atoms with van der Waals surface area (Å²) < 4.78 is 1.56. The first kappa shape index (κ1) is 12.4. The Morgan fingerprint density at radius 3 is 2.78 bits per heavy atom. The van der Waals surface area contributed by atoms with Crippen molar-refractivity contribution in [3.8, 4) is 5.75 Å². The molecule has 5 nitrogen and oxygen atoms in total. The van der Waals surface area contributed by atoms with Gasteiger partial charge in [0.25, 0.3) is 5.91 Å². The van der Waals surface area contributed by atoms with Gasteiger partial charge >= 0.3 is 0 Å². The van der Waals surface area contributed by atoms with E-state index in [1.807, 2.05) is 6.92 Å². The first-order chi connectivity index (χ1) is 8.47. The number of phenolic OH excluding ortho intramolecular Hbond substituents is 1. The molecule has 18 heavy (non-hydrogen) atoms. The standard InChI is InChI=1S/C12H12ClN3O2/c1-7-5-11(16(2)15-7)14-12(18)9-6-8(17)3-4-10(9)13/h3-6,17H,1-2H3,(H,14,18). The number of nitrogens with one attached hydrogen (secondary N) is 1. The van der Waals surface area contributed by atoms with Gasteiger partial charge in [-0.2, -0.15) is 5.10 Å². The maximum absolute atomic E-state index is 12.0. The fourth-order valence-electron chi connectivity index (χ4n) is 1.60. The number of hydrogen-bond donors (Lipinski definition) is 2. The van der Waals surface area contributed by atoms with E-state index < -0.39 is 0 Å². The van der Waals surface area contributed by atoms with E-state index in [1.54, 1.807) is 17.8 Å². The van der Waals surface area contributed by atoms with E-state index in [1.165, 1.54) is 18.2 Å². The number of rotatable bonds is 2. The number of benzene rings is 1. The Morgan fingerprint density at radius 2 is 2.17 bits per heavy atom. The van der Waals surface area contributed by atoms with Crippen LogP contribution in [0.3, 0.4) is 0 Å². The van der Waals surface area contributed by atoms with Crippen LogP contribution in [0.5, 0.6) is 5.75 Å². The lowest BCUT2D eigenvalue weighted by Crippen LogP contribution is -2.14. The lowest BCUT2D eigenvalue weighted by molar-refractivity contribution is 0.102. The zero-order valence-electron chi connectivity index (χ0n) is 9.94. The number of aromatic nitrogens is 2. The average molecular weight is 266 g/mol. The quantitative estimate of drug-likeness (QED) is 0.876. The highest BCUT2D eigenvalue weighted by Crippen LogP contribution is 2.22. The predicted octanol–water partition coefficient (Wildman–Crippen LogP) is 2.34. The van der Waals surface area contributed by atoms with E-state index in [-0.39, 0.29) is 22.2 Å². The van der Waals surface area contributed by atoms with Gasteiger partial charge in [-0.05, 0) is 25.1 Å². The smallest absolute Gasteiger partial charge is 0.258 e. The molecule has 0 aliphatic rings. The van der Waals surface area contributed by atoms with E-state index >= 15 is 0 Å². The molecule has 1 amide bonds. The molecule has 0 bridgehead atoms. The highest BCUT2D eigenvalue weighted by molar-refractivity contribution is 6.34. The van der Waals surface area contributed by atoms with Crippen molar-refractivity contribution in [3.63, 3.8) is 0 Å². The van der Waals surface area contributed by atoms with Crippen LogP contribution < -0.4 is 5.32 Å². The van der Waals surface area contributed by atoms with Gasteiger partial charge < -0.3 is 10.4 Å². The maximum Gasteiger partial charge on any atom is 0.258 e. The Morgan fingerprint density at radius 1 is 1.44 bits per heavy atom. The van der Waals surface area contributed by atoms with Crippen molar-refractivity contribution in [2.45, 2.75) is 6.92 Å². The van der Waals surface area contributed by atoms with Crippen LogP contribution in [0.2, 0.25) is 5.02 Å². The Hall–Kier alpha value is -2.01. The van der Waals surface area contributed by atoms with Gasteiger partial charge in [-0.1, -0.05) is 11.6 Å². The molecule has 0 aliphatic heterocycles. The number of nitrogens with zero attached hydrogens (tertiary/aromatic N) is 2. The molecule has 2 aromatic rings. The summed E-state index contributed by atoms with van der Waals surface area (Å²) in [5.41, 5.74) is 1.02. The minimum absolute atomic E-state index is 0.00858. The second-order valence-corrected chi connectivity index (χ2v) is 4.32. The molecule has 2 rings (SSSR count). The average Bonchev–Trinajstić information content (AvgIpc) is 2.61. The molecule has 0 unspecified atom stereocenters. The molecule has 0 fully saturated rings. The third kappa shape index (κ3) is 2.46. The second kappa shape index (κ2) is 4.70. The molecule has 0 saturated heterocycles. The number of hydrogen-bond acceptors (Lipinski definition) is 3. The Balaban J connectivity index is 2.27. The molecule has 2 N–H and O–H groups in total. The molecule has 6 heteroatoms. The van der Waals surface area contributed by atoms with Crippen LogP contribution in [0, 0.1) is 6.92 Å². The van der Waals surface area contributed by atoms with Gasteiger partial charge in [0.15, 0.2) is 0 Å². The van der Waals surface area contributed by atoms with Crippen molar-refractivity contribution in [2.24, 2.45) is 7.05 Å². The Labute approximate surface area is 109 Å². The number of anilines is 1. The SMILES string of the molecule is Cc1cc(NC(=O)c2cc(O)ccc2Cl)n(C)n1. The fraction of sp³-hybridized carbons (Fsp3) is 0.167. The van der Waals surface area contributed by atoms with Gasteiger partial charge in [-0.15, -0.1) is 0 Å². The first-order valence-corrected chi connectivity index (χ1v) is 5.65. The second-order valence-electron chi connectivity index (χ2n) is 3.91. The molecular formula is C12H12ClN3O2. The Kier molecular flexibility index (Phi) is 3.25. The Bertz CT molecular complexity index is 607. The van der Waals surface area contributed by atoms with Crippen LogP contribution in [0.1, 0.15) is 16.1 Å². The summed E-state index contributed by atoms with van der Waals surface area (Å²) in [6.07, 6.45) is 0. The molecule has 0 radical (unpaired) electrons. The fourth-order valence-corrected chi connectivity index (χ4v) is 1.80. The van der Waals surface area contributed by atoms with Gasteiger partial charge in [0.2, 0.25) is 0 Å². The highest BCUT2D eigenvalue weighted by atomic mass is 35.5. The van der Waals surface area contributed by atoms with Crippen LogP contribution in [0.4, 0.5) is 5.82 Å². The lowest BCUT2D eigenvalue weighted by Gasteiger charge is -2.07. The molecule has 0 saturated carbocycles. The van der Waals surface area contributed by atoms with E-state index in [2.05, 4.69) is 10.4 Å². The van der Waals surface area contributed by atoms with Gasteiger partial charge in [-0.3, -0.25) is 9.48 Å². The molecule has 0 atom stereocenters. The van der Waals surface area contributed by atoms with E-state index in [4.69, 9.17) is 11.6 Å². The zero-order valence-corrected chi connectivity index (χ0v) is 10.7. The number of amides is 1. The van der Waals surface area contributed by atoms with Crippen molar-refractivity contribution in [3.05, 3.63) is 40.5 Å². The van der Waals surface area contributed by atoms with Crippen molar-refractivity contribution < 1.29 is 9.90 Å². The van der Waals surface area contributed by atoms with E-state index in [0.29, 0.717) is 5.82 Å². The van der Waals surface area contributed by atoms with Gasteiger partial charge in [0, 0.05) is 13.1 Å². The molecule has 94 valence electrons. The number of carbonyl (C=O) groups excluding carboxylic acids is 1. The zero-order chi connectivity index (χ0) is 13.3. The van der Waals surface area contributed by atoms with Crippen molar-refractivity contribution in [2.75, 3.05) is 5.32 Å². The van der Waals surface area contributed by atoms with Crippen molar-refractivity contribution >= 4 is 23.3 Å². The topological polar surface area (TPSA) is 67.2 Å². The van der Waals surface area contributed by atoms with Gasteiger partial charge in [-0.25, -0.2) is 0 Å². The van der Waals surface area contributed by atoms with Gasteiger partial charge in [0.1, 0.15) is 11.6 Å². The minimum Gasteiger partial charge on any atom is -0.508 e. The molecule has 1 aromatic carbocycles. The molecule has 0 spiro atoms. The summed E-state index contributed by atoms with van der Waals surface area (Å²) in [7, 11) is 1.73. The normalized spacial score (nSPS) is 10.4. The number of carbonyl (C=O) groups is 1. The van der Waals surface area contributed by atoms with Crippen LogP contribution in [0.25, 0.3) is 0 Å². The molecule has 1 heterocycles. The third-order valence-corrected chi connectivity index (χ3v) is 2.77. The van der Waals surface area contributed by atoms with Crippen LogP contribution in [-0.4, -0.2) is 20.8 Å². The summed E-state index contributed by atoms with van der Waals surface area (Å²) in [4.78, 5) is 12.0. The number of aromatic hydroxyl groups is 1. The first-order valence-electron chi connectivity index (χ1n) is 5.28.